The number of hydrogen-bond acceptors (Lipinski definition) is 7. The molecule has 2 N–H and O–H groups in total. The zero-order valence-corrected chi connectivity index (χ0v) is 16.7. The first-order chi connectivity index (χ1) is 13.7. The third-order valence-electron chi connectivity index (χ3n) is 4.61. The van der Waals surface area contributed by atoms with Crippen LogP contribution in [0.25, 0.3) is 10.2 Å². The van der Waals surface area contributed by atoms with Crippen molar-refractivity contribution in [1.82, 2.24) is 15.2 Å². The first-order valence-corrected chi connectivity index (χ1v) is 10.7. The van der Waals surface area contributed by atoms with Gasteiger partial charge < -0.3 is 15.4 Å². The fraction of sp³-hybridized carbons (Fsp3) is 0.316. The van der Waals surface area contributed by atoms with Crippen molar-refractivity contribution in [2.24, 2.45) is 0 Å². The van der Waals surface area contributed by atoms with E-state index >= 15 is 0 Å². The molecule has 0 radical (unpaired) electrons. The molecule has 1 aliphatic rings. The first kappa shape index (κ1) is 19.0. The Bertz CT molecular complexity index is 951. The highest BCUT2D eigenvalue weighted by Crippen LogP contribution is 2.25. The molecule has 0 aliphatic carbocycles. The van der Waals surface area contributed by atoms with E-state index in [1.165, 1.54) is 16.2 Å². The van der Waals surface area contributed by atoms with Gasteiger partial charge in [0.2, 0.25) is 0 Å². The van der Waals surface area contributed by atoms with Gasteiger partial charge in [0.25, 0.3) is 0 Å². The Kier molecular flexibility index (Phi) is 5.96. The second kappa shape index (κ2) is 8.78. The van der Waals surface area contributed by atoms with Crippen molar-refractivity contribution >= 4 is 50.4 Å². The van der Waals surface area contributed by atoms with Crippen molar-refractivity contribution in [3.8, 4) is 0 Å². The summed E-state index contributed by atoms with van der Waals surface area (Å²) in [5.74, 6) is -1.31. The summed E-state index contributed by atoms with van der Waals surface area (Å²) < 4.78 is 6.39. The zero-order chi connectivity index (χ0) is 19.3. The van der Waals surface area contributed by atoms with Gasteiger partial charge in [-0.15, -0.1) is 22.7 Å². The number of amides is 2. The topological polar surface area (TPSA) is 83.6 Å². The molecule has 2 aromatic heterocycles. The molecule has 3 heterocycles. The summed E-state index contributed by atoms with van der Waals surface area (Å²) in [6.07, 6.45) is 0. The van der Waals surface area contributed by atoms with Crippen molar-refractivity contribution in [1.29, 1.82) is 0 Å². The first-order valence-electron chi connectivity index (χ1n) is 8.98. The lowest BCUT2D eigenvalue weighted by Crippen LogP contribution is -2.45. The minimum atomic E-state index is -0.671. The molecule has 9 heteroatoms. The number of hydrogen-bond donors (Lipinski definition) is 2. The van der Waals surface area contributed by atoms with Crippen molar-refractivity contribution in [3.05, 3.63) is 46.1 Å². The molecule has 1 saturated heterocycles. The molecule has 1 aromatic carbocycles. The van der Waals surface area contributed by atoms with Gasteiger partial charge in [0.1, 0.15) is 0 Å². The number of nitrogens with one attached hydrogen (secondary N) is 2. The van der Waals surface area contributed by atoms with Gasteiger partial charge in [0.15, 0.2) is 0 Å². The number of carbonyl (C=O) groups is 2. The van der Waals surface area contributed by atoms with Crippen LogP contribution in [0.4, 0.5) is 5.69 Å². The highest BCUT2D eigenvalue weighted by atomic mass is 32.1. The Morgan fingerprint density at radius 2 is 2.04 bits per heavy atom. The lowest BCUT2D eigenvalue weighted by molar-refractivity contribution is -0.136. The van der Waals surface area contributed by atoms with Gasteiger partial charge in [0.05, 0.1) is 35.0 Å². The number of benzene rings is 1. The van der Waals surface area contributed by atoms with Crippen LogP contribution in [0.1, 0.15) is 10.9 Å². The molecule has 0 bridgehead atoms. The summed E-state index contributed by atoms with van der Waals surface area (Å²) in [6.45, 7) is 3.34. The van der Waals surface area contributed by atoms with Crippen molar-refractivity contribution in [2.75, 3.05) is 38.2 Å². The molecule has 28 heavy (non-hydrogen) atoms. The van der Waals surface area contributed by atoms with E-state index in [1.807, 2.05) is 23.6 Å². The van der Waals surface area contributed by atoms with Crippen molar-refractivity contribution in [2.45, 2.75) is 6.04 Å². The summed E-state index contributed by atoms with van der Waals surface area (Å²) in [5, 5.41) is 7.46. The summed E-state index contributed by atoms with van der Waals surface area (Å²) in [4.78, 5) is 32.3. The van der Waals surface area contributed by atoms with Gasteiger partial charge >= 0.3 is 11.8 Å². The third-order valence-corrected chi connectivity index (χ3v) is 6.37. The molecule has 1 unspecified atom stereocenters. The number of thiazole rings is 1. The third kappa shape index (κ3) is 4.39. The Balaban J connectivity index is 1.37. The second-order valence-corrected chi connectivity index (χ2v) is 8.24. The summed E-state index contributed by atoms with van der Waals surface area (Å²) in [7, 11) is 0. The Morgan fingerprint density at radius 3 is 2.82 bits per heavy atom. The van der Waals surface area contributed by atoms with Gasteiger partial charge in [-0.2, -0.15) is 0 Å². The van der Waals surface area contributed by atoms with Crippen LogP contribution in [-0.4, -0.2) is 54.5 Å². The lowest BCUT2D eigenvalue weighted by Gasteiger charge is -2.34. The summed E-state index contributed by atoms with van der Waals surface area (Å²) in [6, 6.07) is 9.48. The number of rotatable bonds is 5. The quantitative estimate of drug-likeness (QED) is 0.625. The Morgan fingerprint density at radius 1 is 1.18 bits per heavy atom. The van der Waals surface area contributed by atoms with E-state index in [0.717, 1.165) is 23.3 Å². The predicted molar refractivity (Wildman–Crippen MR) is 111 cm³/mol. The molecular formula is C19H20N4O3S2. The van der Waals surface area contributed by atoms with E-state index in [-0.39, 0.29) is 6.04 Å². The fourth-order valence-corrected chi connectivity index (χ4v) is 4.75. The number of nitrogens with zero attached hydrogens (tertiary/aromatic N) is 2. The molecule has 2 amide bonds. The zero-order valence-electron chi connectivity index (χ0n) is 15.1. The van der Waals surface area contributed by atoms with Crippen LogP contribution in [0.3, 0.4) is 0 Å². The molecule has 4 rings (SSSR count). The molecule has 1 atom stereocenters. The van der Waals surface area contributed by atoms with Gasteiger partial charge in [-0.05, 0) is 29.6 Å². The van der Waals surface area contributed by atoms with E-state index in [0.29, 0.717) is 25.4 Å². The van der Waals surface area contributed by atoms with Crippen LogP contribution in [-0.2, 0) is 14.3 Å². The maximum absolute atomic E-state index is 12.3. The van der Waals surface area contributed by atoms with Crippen LogP contribution in [0.5, 0.6) is 0 Å². The maximum atomic E-state index is 12.3. The minimum Gasteiger partial charge on any atom is -0.379 e. The molecule has 1 fully saturated rings. The normalized spacial score (nSPS) is 16.0. The number of carbonyl (C=O) groups excluding carboxylic acids is 2. The number of morpholine rings is 1. The fourth-order valence-electron chi connectivity index (χ4n) is 3.17. The molecule has 1 aliphatic heterocycles. The van der Waals surface area contributed by atoms with Gasteiger partial charge in [-0.3, -0.25) is 14.5 Å². The highest BCUT2D eigenvalue weighted by molar-refractivity contribution is 7.16. The monoisotopic (exact) mass is 416 g/mol. The highest BCUT2D eigenvalue weighted by Gasteiger charge is 2.25. The van der Waals surface area contributed by atoms with E-state index in [9.17, 15) is 9.59 Å². The van der Waals surface area contributed by atoms with E-state index in [2.05, 4.69) is 26.6 Å². The predicted octanol–water partition coefficient (Wildman–Crippen LogP) is 2.49. The number of anilines is 1. The second-order valence-electron chi connectivity index (χ2n) is 6.38. The lowest BCUT2D eigenvalue weighted by atomic mass is 10.2. The molecule has 3 aromatic rings. The smallest absolute Gasteiger partial charge is 0.313 e. The minimum absolute atomic E-state index is 0.0363. The van der Waals surface area contributed by atoms with Gasteiger partial charge in [-0.1, -0.05) is 6.07 Å². The van der Waals surface area contributed by atoms with Gasteiger partial charge in [-0.25, -0.2) is 4.98 Å². The van der Waals surface area contributed by atoms with Crippen LogP contribution in [0.2, 0.25) is 0 Å². The average molecular weight is 417 g/mol. The van der Waals surface area contributed by atoms with E-state index < -0.39 is 11.8 Å². The molecule has 146 valence electrons. The molecule has 0 spiro atoms. The standard InChI is InChI=1S/C19H20N4O3S2/c24-18(19(25)22-13-3-4-14-17(10-13)28-12-21-14)20-11-15(16-2-1-9-27-16)23-5-7-26-8-6-23/h1-4,9-10,12,15H,5-8,11H2,(H,20,24)(H,22,25). The Labute approximate surface area is 170 Å². The maximum Gasteiger partial charge on any atom is 0.313 e. The summed E-state index contributed by atoms with van der Waals surface area (Å²) in [5.41, 5.74) is 3.20. The largest absolute Gasteiger partial charge is 0.379 e. The number of aromatic nitrogens is 1. The van der Waals surface area contributed by atoms with Crippen LogP contribution in [0.15, 0.2) is 41.2 Å². The Hall–Kier alpha value is -2.33. The average Bonchev–Trinajstić information content (AvgIpc) is 3.40. The number of thiophene rings is 1. The molecule has 7 nitrogen and oxygen atoms in total. The van der Waals surface area contributed by atoms with E-state index in [1.54, 1.807) is 22.9 Å². The number of fused-ring (bicyclic) bond motifs is 1. The summed E-state index contributed by atoms with van der Waals surface area (Å²) >= 11 is 3.14. The number of ether oxygens (including phenoxy) is 1. The van der Waals surface area contributed by atoms with Crippen LogP contribution in [0, 0.1) is 0 Å². The molecule has 0 saturated carbocycles. The van der Waals surface area contributed by atoms with Crippen molar-refractivity contribution < 1.29 is 14.3 Å². The van der Waals surface area contributed by atoms with Gasteiger partial charge in [0, 0.05) is 30.2 Å². The SMILES string of the molecule is O=C(NCC(c1cccs1)N1CCOCC1)C(=O)Nc1ccc2ncsc2c1. The molecular weight excluding hydrogens is 396 g/mol. The van der Waals surface area contributed by atoms with Crippen molar-refractivity contribution in [3.63, 3.8) is 0 Å². The van der Waals surface area contributed by atoms with Crippen LogP contribution < -0.4 is 10.6 Å². The van der Waals surface area contributed by atoms with E-state index in [4.69, 9.17) is 4.74 Å². The van der Waals surface area contributed by atoms with Crippen LogP contribution >= 0.6 is 22.7 Å².